The summed E-state index contributed by atoms with van der Waals surface area (Å²) >= 11 is 0. The van der Waals surface area contributed by atoms with Crippen LogP contribution in [0.1, 0.15) is 0 Å². The van der Waals surface area contributed by atoms with Gasteiger partial charge in [-0.15, -0.1) is 0 Å². The molecule has 14 heavy (non-hydrogen) atoms. The molecule has 0 atom stereocenters. The summed E-state index contributed by atoms with van der Waals surface area (Å²) in [6, 6.07) is 1.65. The molecule has 1 heterocycles. The van der Waals surface area contributed by atoms with Gasteiger partial charge in [0, 0.05) is 12.1 Å². The van der Waals surface area contributed by atoms with E-state index >= 15 is 0 Å². The van der Waals surface area contributed by atoms with Crippen LogP contribution in [0.2, 0.25) is 0 Å². The van der Waals surface area contributed by atoms with E-state index < -0.39 is 17.7 Å². The topological polar surface area (TPSA) is 55.1 Å². The molecule has 0 aliphatic rings. The molecule has 0 saturated carbocycles. The number of hydrogen-bond donors (Lipinski definition) is 1. The van der Waals surface area contributed by atoms with Crippen molar-refractivity contribution in [2.45, 2.75) is 0 Å². The number of carbonyl (C=O) groups is 1. The Labute approximate surface area is 76.4 Å². The first kappa shape index (κ1) is 8.61. The zero-order valence-corrected chi connectivity index (χ0v) is 6.74. The third-order valence-electron chi connectivity index (χ3n) is 1.80. The number of nitrogens with zero attached hydrogens (tertiary/aromatic N) is 2. The van der Waals surface area contributed by atoms with Crippen molar-refractivity contribution in [3.05, 3.63) is 30.1 Å². The lowest BCUT2D eigenvalue weighted by Crippen LogP contribution is -2.05. The molecule has 0 unspecified atom stereocenters. The fraction of sp³-hybridized carbons (Fsp3) is 0. The maximum absolute atomic E-state index is 12.8. The van der Waals surface area contributed by atoms with Crippen LogP contribution >= 0.6 is 0 Å². The zero-order chi connectivity index (χ0) is 10.3. The predicted octanol–water partition coefficient (Wildman–Crippen LogP) is 1.84. The van der Waals surface area contributed by atoms with E-state index in [1.807, 2.05) is 0 Å². The fourth-order valence-corrected chi connectivity index (χ4v) is 1.16. The highest BCUT2D eigenvalue weighted by Crippen LogP contribution is 2.16. The molecule has 4 nitrogen and oxygen atoms in total. The van der Waals surface area contributed by atoms with E-state index in [1.165, 1.54) is 0 Å². The Bertz CT molecular complexity index is 521. The molecule has 1 aromatic heterocycles. The van der Waals surface area contributed by atoms with E-state index in [2.05, 4.69) is 4.98 Å². The Morgan fingerprint density at radius 3 is 2.64 bits per heavy atom. The van der Waals surface area contributed by atoms with Crippen molar-refractivity contribution in [1.82, 2.24) is 9.55 Å². The van der Waals surface area contributed by atoms with Crippen molar-refractivity contribution in [3.63, 3.8) is 0 Å². The van der Waals surface area contributed by atoms with E-state index in [0.717, 1.165) is 23.0 Å². The van der Waals surface area contributed by atoms with Gasteiger partial charge >= 0.3 is 6.09 Å². The lowest BCUT2D eigenvalue weighted by atomic mass is 10.3. The summed E-state index contributed by atoms with van der Waals surface area (Å²) in [7, 11) is 0. The molecule has 0 aliphatic heterocycles. The van der Waals surface area contributed by atoms with Crippen LogP contribution in [0.15, 0.2) is 18.5 Å². The third kappa shape index (κ3) is 1.12. The molecule has 0 saturated heterocycles. The largest absolute Gasteiger partial charge is 0.464 e. The number of hydrogen-bond acceptors (Lipinski definition) is 2. The van der Waals surface area contributed by atoms with Crippen LogP contribution in [0.3, 0.4) is 0 Å². The smallest absolute Gasteiger partial charge is 0.417 e. The van der Waals surface area contributed by atoms with Gasteiger partial charge in [0.25, 0.3) is 0 Å². The molecule has 0 amide bonds. The molecule has 1 N–H and O–H groups in total. The first-order valence-corrected chi connectivity index (χ1v) is 3.65. The second-order valence-electron chi connectivity index (χ2n) is 2.65. The van der Waals surface area contributed by atoms with Crippen LogP contribution < -0.4 is 0 Å². The van der Waals surface area contributed by atoms with E-state index in [4.69, 9.17) is 5.11 Å². The Hall–Kier alpha value is -1.98. The molecular weight excluding hydrogens is 194 g/mol. The highest BCUT2D eigenvalue weighted by molar-refractivity contribution is 5.85. The van der Waals surface area contributed by atoms with Crippen LogP contribution in [-0.4, -0.2) is 20.8 Å². The third-order valence-corrected chi connectivity index (χ3v) is 1.80. The number of imidazole rings is 1. The van der Waals surface area contributed by atoms with E-state index in [9.17, 15) is 13.6 Å². The quantitative estimate of drug-likeness (QED) is 0.702. The van der Waals surface area contributed by atoms with Gasteiger partial charge in [0.15, 0.2) is 11.6 Å². The van der Waals surface area contributed by atoms with E-state index in [1.54, 1.807) is 0 Å². The van der Waals surface area contributed by atoms with Crippen molar-refractivity contribution < 1.29 is 18.7 Å². The van der Waals surface area contributed by atoms with Crippen molar-refractivity contribution >= 4 is 17.1 Å². The Balaban J connectivity index is 2.80. The van der Waals surface area contributed by atoms with E-state index in [0.29, 0.717) is 0 Å². The lowest BCUT2D eigenvalue weighted by Gasteiger charge is -1.96. The summed E-state index contributed by atoms with van der Waals surface area (Å²) in [5.74, 6) is -2.14. The summed E-state index contributed by atoms with van der Waals surface area (Å²) in [5.41, 5.74) is 0.128. The van der Waals surface area contributed by atoms with E-state index in [-0.39, 0.29) is 11.0 Å². The molecule has 1 aromatic carbocycles. The molecule has 0 fully saturated rings. The van der Waals surface area contributed by atoms with Crippen LogP contribution in [0, 0.1) is 11.6 Å². The van der Waals surface area contributed by atoms with Crippen molar-refractivity contribution in [1.29, 1.82) is 0 Å². The van der Waals surface area contributed by atoms with Gasteiger partial charge in [-0.05, 0) is 0 Å². The van der Waals surface area contributed by atoms with Crippen molar-refractivity contribution in [2.75, 3.05) is 0 Å². The number of rotatable bonds is 0. The van der Waals surface area contributed by atoms with Gasteiger partial charge in [-0.3, -0.25) is 0 Å². The molecule has 2 aromatic rings. The lowest BCUT2D eigenvalue weighted by molar-refractivity contribution is 0.197. The fourth-order valence-electron chi connectivity index (χ4n) is 1.16. The SMILES string of the molecule is O=C(O)n1cnc2cc(F)c(F)cc21. The number of carboxylic acid groups (broad SMARTS) is 1. The van der Waals surface area contributed by atoms with Crippen LogP contribution in [0.5, 0.6) is 0 Å². The van der Waals surface area contributed by atoms with Crippen molar-refractivity contribution in [2.24, 2.45) is 0 Å². The molecule has 0 radical (unpaired) electrons. The monoisotopic (exact) mass is 198 g/mol. The maximum atomic E-state index is 12.8. The predicted molar refractivity (Wildman–Crippen MR) is 43.1 cm³/mol. The van der Waals surface area contributed by atoms with Gasteiger partial charge in [0.1, 0.15) is 6.33 Å². The minimum absolute atomic E-state index is 0.0244. The van der Waals surface area contributed by atoms with Gasteiger partial charge < -0.3 is 5.11 Å². The maximum Gasteiger partial charge on any atom is 0.417 e. The first-order valence-electron chi connectivity index (χ1n) is 3.65. The summed E-state index contributed by atoms with van der Waals surface area (Å²) in [4.78, 5) is 14.2. The van der Waals surface area contributed by atoms with Crippen molar-refractivity contribution in [3.8, 4) is 0 Å². The summed E-state index contributed by atoms with van der Waals surface area (Å²) < 4.78 is 26.2. The first-order chi connectivity index (χ1) is 6.59. The van der Waals surface area contributed by atoms with Gasteiger partial charge in [0.05, 0.1) is 11.0 Å². The normalized spacial score (nSPS) is 10.7. The van der Waals surface area contributed by atoms with Gasteiger partial charge in [-0.2, -0.15) is 0 Å². The molecule has 0 bridgehead atoms. The Kier molecular flexibility index (Phi) is 1.70. The minimum atomic E-state index is -1.29. The molecular formula is C8H4F2N2O2. The average Bonchev–Trinajstić information content (AvgIpc) is 2.48. The summed E-state index contributed by atoms with van der Waals surface area (Å²) in [6.45, 7) is 0. The Morgan fingerprint density at radius 1 is 1.36 bits per heavy atom. The Morgan fingerprint density at radius 2 is 2.00 bits per heavy atom. The summed E-state index contributed by atoms with van der Waals surface area (Å²) in [6.07, 6.45) is -0.301. The zero-order valence-electron chi connectivity index (χ0n) is 6.74. The number of fused-ring (bicyclic) bond motifs is 1. The van der Waals surface area contributed by atoms with Crippen LogP contribution in [0.4, 0.5) is 13.6 Å². The molecule has 0 aliphatic carbocycles. The second kappa shape index (κ2) is 2.76. The molecule has 2 rings (SSSR count). The molecule has 0 spiro atoms. The van der Waals surface area contributed by atoms with Gasteiger partial charge in [0.2, 0.25) is 0 Å². The van der Waals surface area contributed by atoms with Crippen LogP contribution in [0.25, 0.3) is 11.0 Å². The number of halogens is 2. The van der Waals surface area contributed by atoms with Crippen LogP contribution in [-0.2, 0) is 0 Å². The standard InChI is InChI=1S/C8H4F2N2O2/c9-4-1-6-7(2-5(4)10)12(3-11-6)8(13)14/h1-3H,(H,13,14). The highest BCUT2D eigenvalue weighted by atomic mass is 19.2. The minimum Gasteiger partial charge on any atom is -0.464 e. The van der Waals surface area contributed by atoms with Gasteiger partial charge in [-0.1, -0.05) is 0 Å². The second-order valence-corrected chi connectivity index (χ2v) is 2.65. The molecule has 6 heteroatoms. The highest BCUT2D eigenvalue weighted by Gasteiger charge is 2.11. The van der Waals surface area contributed by atoms with Gasteiger partial charge in [-0.25, -0.2) is 23.1 Å². The number of benzene rings is 1. The molecule has 72 valence electrons. The number of aromatic nitrogens is 2. The average molecular weight is 198 g/mol. The summed E-state index contributed by atoms with van der Waals surface area (Å²) in [5, 5.41) is 8.64.